The van der Waals surface area contributed by atoms with Gasteiger partial charge in [0, 0.05) is 26.7 Å². The monoisotopic (exact) mass is 292 g/mol. The lowest BCUT2D eigenvalue weighted by atomic mass is 10.1. The SMILES string of the molecule is CNc1nc(NCC2CCC(O)C2)nc(N2CCCC2)n1. The lowest BCUT2D eigenvalue weighted by Crippen LogP contribution is -2.23. The highest BCUT2D eigenvalue weighted by Crippen LogP contribution is 2.25. The maximum Gasteiger partial charge on any atom is 0.231 e. The van der Waals surface area contributed by atoms with Gasteiger partial charge in [0.25, 0.3) is 0 Å². The van der Waals surface area contributed by atoms with E-state index in [0.717, 1.165) is 44.8 Å². The molecule has 0 aromatic carbocycles. The fraction of sp³-hybridized carbons (Fsp3) is 0.786. The van der Waals surface area contributed by atoms with Crippen molar-refractivity contribution in [3.05, 3.63) is 0 Å². The molecule has 7 heteroatoms. The minimum atomic E-state index is -0.136. The molecule has 2 aliphatic rings. The number of anilines is 3. The van der Waals surface area contributed by atoms with Gasteiger partial charge in [-0.2, -0.15) is 15.0 Å². The summed E-state index contributed by atoms with van der Waals surface area (Å²) in [6.45, 7) is 2.84. The number of hydrogen-bond acceptors (Lipinski definition) is 7. The van der Waals surface area contributed by atoms with Crippen molar-refractivity contribution in [3.8, 4) is 0 Å². The molecule has 1 saturated carbocycles. The van der Waals surface area contributed by atoms with Crippen LogP contribution >= 0.6 is 0 Å². The van der Waals surface area contributed by atoms with E-state index in [2.05, 4.69) is 30.5 Å². The summed E-state index contributed by atoms with van der Waals surface area (Å²) >= 11 is 0. The van der Waals surface area contributed by atoms with Gasteiger partial charge in [-0.25, -0.2) is 0 Å². The van der Waals surface area contributed by atoms with Crippen molar-refractivity contribution in [1.82, 2.24) is 15.0 Å². The number of hydrogen-bond donors (Lipinski definition) is 3. The molecule has 1 aliphatic carbocycles. The van der Waals surface area contributed by atoms with Gasteiger partial charge in [-0.1, -0.05) is 0 Å². The van der Waals surface area contributed by atoms with Gasteiger partial charge in [0.05, 0.1) is 6.10 Å². The number of aliphatic hydroxyl groups is 1. The Morgan fingerprint density at radius 2 is 1.90 bits per heavy atom. The minimum absolute atomic E-state index is 0.136. The van der Waals surface area contributed by atoms with Crippen LogP contribution in [0.4, 0.5) is 17.8 Å². The summed E-state index contributed by atoms with van der Waals surface area (Å²) in [5.74, 6) is 2.48. The molecule has 3 rings (SSSR count). The molecular weight excluding hydrogens is 268 g/mol. The molecule has 2 fully saturated rings. The van der Waals surface area contributed by atoms with Crippen molar-refractivity contribution in [2.24, 2.45) is 5.92 Å². The van der Waals surface area contributed by atoms with Crippen LogP contribution in [0.2, 0.25) is 0 Å². The number of aromatic nitrogens is 3. The highest BCUT2D eigenvalue weighted by Gasteiger charge is 2.23. The second-order valence-electron chi connectivity index (χ2n) is 5.94. The molecule has 2 atom stereocenters. The van der Waals surface area contributed by atoms with Crippen LogP contribution in [0.3, 0.4) is 0 Å². The van der Waals surface area contributed by atoms with E-state index in [1.54, 1.807) is 0 Å². The van der Waals surface area contributed by atoms with Gasteiger partial charge in [-0.15, -0.1) is 0 Å². The highest BCUT2D eigenvalue weighted by atomic mass is 16.3. The number of nitrogens with one attached hydrogen (secondary N) is 2. The minimum Gasteiger partial charge on any atom is -0.393 e. The fourth-order valence-corrected chi connectivity index (χ4v) is 3.08. The molecule has 1 aliphatic heterocycles. The number of rotatable bonds is 5. The van der Waals surface area contributed by atoms with Crippen molar-refractivity contribution in [2.45, 2.75) is 38.2 Å². The molecule has 0 amide bonds. The molecule has 21 heavy (non-hydrogen) atoms. The van der Waals surface area contributed by atoms with E-state index in [4.69, 9.17) is 0 Å². The maximum absolute atomic E-state index is 9.58. The van der Waals surface area contributed by atoms with Crippen LogP contribution in [-0.4, -0.2) is 52.8 Å². The average Bonchev–Trinajstić information content (AvgIpc) is 3.16. The maximum atomic E-state index is 9.58. The van der Waals surface area contributed by atoms with Crippen molar-refractivity contribution in [3.63, 3.8) is 0 Å². The van der Waals surface area contributed by atoms with Crippen molar-refractivity contribution in [2.75, 3.05) is 42.2 Å². The lowest BCUT2D eigenvalue weighted by Gasteiger charge is -2.17. The molecule has 2 unspecified atom stereocenters. The van der Waals surface area contributed by atoms with Gasteiger partial charge in [-0.3, -0.25) is 0 Å². The third-order valence-corrected chi connectivity index (χ3v) is 4.30. The summed E-state index contributed by atoms with van der Waals surface area (Å²) in [6.07, 6.45) is 5.10. The van der Waals surface area contributed by atoms with Gasteiger partial charge in [0.2, 0.25) is 17.8 Å². The van der Waals surface area contributed by atoms with Crippen LogP contribution in [0.15, 0.2) is 0 Å². The summed E-state index contributed by atoms with van der Waals surface area (Å²) in [4.78, 5) is 15.5. The molecule has 0 bridgehead atoms. The first-order valence-corrected chi connectivity index (χ1v) is 7.85. The predicted molar refractivity (Wildman–Crippen MR) is 82.7 cm³/mol. The van der Waals surface area contributed by atoms with E-state index in [0.29, 0.717) is 17.8 Å². The number of nitrogens with zero attached hydrogens (tertiary/aromatic N) is 4. The molecule has 1 aromatic heterocycles. The Labute approximate surface area is 125 Å². The van der Waals surface area contributed by atoms with E-state index in [1.807, 2.05) is 7.05 Å². The molecule has 3 N–H and O–H groups in total. The molecule has 7 nitrogen and oxygen atoms in total. The summed E-state index contributed by atoms with van der Waals surface area (Å²) in [7, 11) is 1.82. The van der Waals surface area contributed by atoms with Crippen LogP contribution in [0.25, 0.3) is 0 Å². The second-order valence-corrected chi connectivity index (χ2v) is 5.94. The topological polar surface area (TPSA) is 86.2 Å². The van der Waals surface area contributed by atoms with E-state index in [9.17, 15) is 5.11 Å². The highest BCUT2D eigenvalue weighted by molar-refractivity contribution is 5.44. The largest absolute Gasteiger partial charge is 0.393 e. The van der Waals surface area contributed by atoms with Gasteiger partial charge >= 0.3 is 0 Å². The molecule has 2 heterocycles. The third kappa shape index (κ3) is 3.53. The van der Waals surface area contributed by atoms with Gasteiger partial charge < -0.3 is 20.6 Å². The zero-order valence-electron chi connectivity index (χ0n) is 12.5. The summed E-state index contributed by atoms with van der Waals surface area (Å²) < 4.78 is 0. The van der Waals surface area contributed by atoms with Crippen molar-refractivity contribution in [1.29, 1.82) is 0 Å². The van der Waals surface area contributed by atoms with E-state index >= 15 is 0 Å². The molecule has 1 saturated heterocycles. The molecule has 0 spiro atoms. The second kappa shape index (κ2) is 6.43. The predicted octanol–water partition coefficient (Wildman–Crippen LogP) is 1.09. The van der Waals surface area contributed by atoms with E-state index in [1.165, 1.54) is 12.8 Å². The van der Waals surface area contributed by atoms with Crippen molar-refractivity contribution >= 4 is 17.8 Å². The van der Waals surface area contributed by atoms with Crippen molar-refractivity contribution < 1.29 is 5.11 Å². The van der Waals surface area contributed by atoms with Crippen LogP contribution in [0, 0.1) is 5.92 Å². The molecule has 0 radical (unpaired) electrons. The van der Waals surface area contributed by atoms with Crippen LogP contribution in [-0.2, 0) is 0 Å². The smallest absolute Gasteiger partial charge is 0.231 e. The first-order chi connectivity index (χ1) is 10.2. The Hall–Kier alpha value is -1.63. The first-order valence-electron chi connectivity index (χ1n) is 7.85. The first kappa shape index (κ1) is 14.3. The molecule has 1 aromatic rings. The Balaban J connectivity index is 1.67. The summed E-state index contributed by atoms with van der Waals surface area (Å²) in [6, 6.07) is 0. The zero-order chi connectivity index (χ0) is 14.7. The lowest BCUT2D eigenvalue weighted by molar-refractivity contribution is 0.178. The summed E-state index contributed by atoms with van der Waals surface area (Å²) in [5, 5.41) is 15.9. The standard InChI is InChI=1S/C14H24N6O/c1-15-12-17-13(16-9-10-4-5-11(21)8-10)19-14(18-12)20-6-2-3-7-20/h10-11,21H,2-9H2,1H3,(H2,15,16,17,18,19). The quantitative estimate of drug-likeness (QED) is 0.749. The molecular formula is C14H24N6O. The van der Waals surface area contributed by atoms with Gasteiger partial charge in [0.15, 0.2) is 0 Å². The Bertz CT molecular complexity index is 477. The van der Waals surface area contributed by atoms with Crippen LogP contribution in [0.1, 0.15) is 32.1 Å². The van der Waals surface area contributed by atoms with E-state index in [-0.39, 0.29) is 6.10 Å². The third-order valence-electron chi connectivity index (χ3n) is 4.30. The van der Waals surface area contributed by atoms with Gasteiger partial charge in [-0.05, 0) is 38.0 Å². The molecule has 116 valence electrons. The van der Waals surface area contributed by atoms with Crippen LogP contribution < -0.4 is 15.5 Å². The average molecular weight is 292 g/mol. The zero-order valence-corrected chi connectivity index (χ0v) is 12.5. The Kier molecular flexibility index (Phi) is 4.38. The number of aliphatic hydroxyl groups excluding tert-OH is 1. The van der Waals surface area contributed by atoms with Gasteiger partial charge in [0.1, 0.15) is 0 Å². The summed E-state index contributed by atoms with van der Waals surface area (Å²) in [5.41, 5.74) is 0. The Morgan fingerprint density at radius 1 is 1.14 bits per heavy atom. The van der Waals surface area contributed by atoms with E-state index < -0.39 is 0 Å². The normalized spacial score (nSPS) is 25.3. The van der Waals surface area contributed by atoms with Crippen LogP contribution in [0.5, 0.6) is 0 Å². The Morgan fingerprint density at radius 3 is 2.57 bits per heavy atom. The fourth-order valence-electron chi connectivity index (χ4n) is 3.08.